The van der Waals surface area contributed by atoms with E-state index in [-0.39, 0.29) is 5.78 Å². The van der Waals surface area contributed by atoms with Crippen molar-refractivity contribution in [3.63, 3.8) is 0 Å². The summed E-state index contributed by atoms with van der Waals surface area (Å²) in [5, 5.41) is 0. The number of ketones is 1. The van der Waals surface area contributed by atoms with Crippen LogP contribution in [0.2, 0.25) is 0 Å². The largest absolute Gasteiger partial charge is 0.295 e. The van der Waals surface area contributed by atoms with Gasteiger partial charge in [-0.25, -0.2) is 4.39 Å². The molecule has 0 bridgehead atoms. The summed E-state index contributed by atoms with van der Waals surface area (Å²) >= 11 is 0. The molecule has 0 heterocycles. The van der Waals surface area contributed by atoms with Crippen LogP contribution in [-0.4, -0.2) is 5.78 Å². The molecule has 0 saturated carbocycles. The molecular formula is C12H11FO. The van der Waals surface area contributed by atoms with Gasteiger partial charge in [-0.1, -0.05) is 37.4 Å². The molecule has 1 aromatic rings. The van der Waals surface area contributed by atoms with Gasteiger partial charge in [-0.15, -0.1) is 0 Å². The van der Waals surface area contributed by atoms with Gasteiger partial charge in [0.1, 0.15) is 5.83 Å². The van der Waals surface area contributed by atoms with Gasteiger partial charge in [0.25, 0.3) is 0 Å². The molecular weight excluding hydrogens is 179 g/mol. The minimum absolute atomic E-state index is 0.168. The quantitative estimate of drug-likeness (QED) is 0.669. The van der Waals surface area contributed by atoms with Crippen molar-refractivity contribution in [1.29, 1.82) is 0 Å². The number of hydrogen-bond acceptors (Lipinski definition) is 1. The summed E-state index contributed by atoms with van der Waals surface area (Å²) in [6, 6.07) is 6.66. The number of halogens is 1. The molecule has 1 rings (SSSR count). The second-order valence-corrected chi connectivity index (χ2v) is 2.99. The highest BCUT2D eigenvalue weighted by Gasteiger charge is 2.10. The third-order valence-corrected chi connectivity index (χ3v) is 1.97. The highest BCUT2D eigenvalue weighted by Crippen LogP contribution is 2.24. The Balaban J connectivity index is 3.27. The Kier molecular flexibility index (Phi) is 2.97. The fourth-order valence-corrected chi connectivity index (χ4v) is 1.17. The van der Waals surface area contributed by atoms with Gasteiger partial charge >= 0.3 is 0 Å². The van der Waals surface area contributed by atoms with Gasteiger partial charge in [-0.3, -0.25) is 4.79 Å². The number of carbonyl (C=O) groups excluding carboxylic acids is 1. The molecule has 0 spiro atoms. The van der Waals surface area contributed by atoms with Crippen LogP contribution in [0.4, 0.5) is 4.39 Å². The van der Waals surface area contributed by atoms with Crippen LogP contribution in [0.1, 0.15) is 18.1 Å². The Labute approximate surface area is 82.6 Å². The number of hydrogen-bond donors (Lipinski definition) is 0. The van der Waals surface area contributed by atoms with E-state index >= 15 is 0 Å². The predicted octanol–water partition coefficient (Wildman–Crippen LogP) is 3.23. The number of Topliss-reactive ketones (excluding diaryl/α,β-unsaturated/α-hetero) is 1. The summed E-state index contributed by atoms with van der Waals surface area (Å²) in [6.45, 7) is 8.22. The minimum atomic E-state index is -0.553. The maximum Gasteiger partial charge on any atom is 0.159 e. The topological polar surface area (TPSA) is 17.1 Å². The molecule has 0 saturated heterocycles. The van der Waals surface area contributed by atoms with E-state index in [1.54, 1.807) is 24.3 Å². The van der Waals surface area contributed by atoms with Crippen LogP contribution >= 0.6 is 0 Å². The van der Waals surface area contributed by atoms with Crippen LogP contribution in [0.3, 0.4) is 0 Å². The van der Waals surface area contributed by atoms with Crippen molar-refractivity contribution in [3.8, 4) is 0 Å². The second kappa shape index (κ2) is 4.01. The summed E-state index contributed by atoms with van der Waals surface area (Å²) in [7, 11) is 0. The van der Waals surface area contributed by atoms with Crippen molar-refractivity contribution in [2.24, 2.45) is 0 Å². The van der Waals surface area contributed by atoms with Crippen LogP contribution in [-0.2, 0) is 4.79 Å². The highest BCUT2D eigenvalue weighted by atomic mass is 19.1. The summed E-state index contributed by atoms with van der Waals surface area (Å²) in [5.41, 5.74) is 1.14. The fourth-order valence-electron chi connectivity index (χ4n) is 1.17. The van der Waals surface area contributed by atoms with Crippen LogP contribution in [0.15, 0.2) is 37.4 Å². The molecule has 0 amide bonds. The van der Waals surface area contributed by atoms with Gasteiger partial charge in [-0.2, -0.15) is 0 Å². The van der Waals surface area contributed by atoms with E-state index in [2.05, 4.69) is 13.2 Å². The van der Waals surface area contributed by atoms with E-state index in [4.69, 9.17) is 0 Å². The van der Waals surface area contributed by atoms with Gasteiger partial charge in [0, 0.05) is 11.1 Å². The third kappa shape index (κ3) is 1.96. The molecule has 0 aromatic heterocycles. The lowest BCUT2D eigenvalue weighted by Crippen LogP contribution is -1.97. The second-order valence-electron chi connectivity index (χ2n) is 2.99. The molecule has 0 atom stereocenters. The lowest BCUT2D eigenvalue weighted by Gasteiger charge is -2.07. The molecule has 0 aliphatic rings. The Bertz CT molecular complexity index is 405. The molecule has 0 aliphatic heterocycles. The van der Waals surface area contributed by atoms with E-state index in [9.17, 15) is 9.18 Å². The maximum absolute atomic E-state index is 13.0. The Morgan fingerprint density at radius 1 is 1.21 bits per heavy atom. The first-order valence-electron chi connectivity index (χ1n) is 4.18. The molecule has 14 heavy (non-hydrogen) atoms. The molecule has 0 N–H and O–H groups in total. The van der Waals surface area contributed by atoms with Gasteiger partial charge < -0.3 is 0 Å². The normalized spacial score (nSPS) is 9.57. The average molecular weight is 190 g/mol. The predicted molar refractivity (Wildman–Crippen MR) is 56.3 cm³/mol. The van der Waals surface area contributed by atoms with Crippen LogP contribution in [0.25, 0.3) is 11.4 Å². The van der Waals surface area contributed by atoms with E-state index < -0.39 is 5.83 Å². The van der Waals surface area contributed by atoms with Crippen molar-refractivity contribution in [2.45, 2.75) is 6.92 Å². The summed E-state index contributed by atoms with van der Waals surface area (Å²) in [6.07, 6.45) is 0. The molecule has 1 aromatic carbocycles. The molecule has 2 heteroatoms. The first kappa shape index (κ1) is 10.4. The van der Waals surface area contributed by atoms with E-state index in [1.807, 2.05) is 0 Å². The van der Waals surface area contributed by atoms with Crippen molar-refractivity contribution >= 4 is 17.2 Å². The van der Waals surface area contributed by atoms with Gasteiger partial charge in [0.15, 0.2) is 5.78 Å². The van der Waals surface area contributed by atoms with E-state index in [0.29, 0.717) is 16.7 Å². The van der Waals surface area contributed by atoms with E-state index in [0.717, 1.165) is 0 Å². The monoisotopic (exact) mass is 190 g/mol. The molecule has 0 fully saturated rings. The Hall–Kier alpha value is -1.70. The zero-order chi connectivity index (χ0) is 10.7. The summed E-state index contributed by atoms with van der Waals surface area (Å²) < 4.78 is 13.0. The minimum Gasteiger partial charge on any atom is -0.295 e. The zero-order valence-corrected chi connectivity index (χ0v) is 8.01. The molecule has 1 nitrogen and oxygen atoms in total. The summed E-state index contributed by atoms with van der Waals surface area (Å²) in [5.74, 6) is -0.721. The smallest absolute Gasteiger partial charge is 0.159 e. The number of benzene rings is 1. The van der Waals surface area contributed by atoms with Gasteiger partial charge in [0.05, 0.1) is 0 Å². The Morgan fingerprint density at radius 2 is 1.71 bits per heavy atom. The third-order valence-electron chi connectivity index (χ3n) is 1.97. The van der Waals surface area contributed by atoms with Crippen LogP contribution in [0, 0.1) is 0 Å². The fraction of sp³-hybridized carbons (Fsp3) is 0.0833. The molecule has 0 unspecified atom stereocenters. The number of allylic oxidation sites excluding steroid dienone is 1. The first-order valence-corrected chi connectivity index (χ1v) is 4.18. The average Bonchev–Trinajstić information content (AvgIpc) is 2.16. The zero-order valence-electron chi connectivity index (χ0n) is 8.01. The van der Waals surface area contributed by atoms with E-state index in [1.165, 1.54) is 6.92 Å². The van der Waals surface area contributed by atoms with Crippen molar-refractivity contribution in [3.05, 3.63) is 48.6 Å². The Morgan fingerprint density at radius 3 is 2.14 bits per heavy atom. The highest BCUT2D eigenvalue weighted by molar-refractivity contribution is 6.19. The SMILES string of the molecule is C=C(F)c1ccccc1C(=C)C(C)=O. The van der Waals surface area contributed by atoms with Gasteiger partial charge in [-0.05, 0) is 12.5 Å². The first-order chi connectivity index (χ1) is 6.54. The number of rotatable bonds is 3. The van der Waals surface area contributed by atoms with Gasteiger partial charge in [0.2, 0.25) is 0 Å². The van der Waals surface area contributed by atoms with Crippen molar-refractivity contribution in [2.75, 3.05) is 0 Å². The lowest BCUT2D eigenvalue weighted by molar-refractivity contribution is -0.111. The molecule has 0 aliphatic carbocycles. The summed E-state index contributed by atoms with van der Waals surface area (Å²) in [4.78, 5) is 11.1. The maximum atomic E-state index is 13.0. The lowest BCUT2D eigenvalue weighted by atomic mass is 9.98. The standard InChI is InChI=1S/C12H11FO/c1-8(10(3)14)11-6-4-5-7-12(11)9(2)13/h4-7H,1-2H2,3H3. The number of carbonyl (C=O) groups is 1. The molecule has 0 radical (unpaired) electrons. The molecule has 72 valence electrons. The van der Waals surface area contributed by atoms with Crippen molar-refractivity contribution < 1.29 is 9.18 Å². The van der Waals surface area contributed by atoms with Crippen LogP contribution in [0.5, 0.6) is 0 Å². The van der Waals surface area contributed by atoms with Crippen LogP contribution < -0.4 is 0 Å². The van der Waals surface area contributed by atoms with Crippen molar-refractivity contribution in [1.82, 2.24) is 0 Å².